The monoisotopic (exact) mass is 272 g/mol. The number of rotatable bonds is 1. The summed E-state index contributed by atoms with van der Waals surface area (Å²) in [6.07, 6.45) is 0. The van der Waals surface area contributed by atoms with Gasteiger partial charge >= 0.3 is 82.5 Å². The molecule has 1 heterocycles. The molecule has 2 aromatic rings. The van der Waals surface area contributed by atoms with Crippen LogP contribution in [0.15, 0.2) is 38.5 Å². The third-order valence-electron chi connectivity index (χ3n) is 1.91. The summed E-state index contributed by atoms with van der Waals surface area (Å²) in [6.45, 7) is 2.12. The van der Waals surface area contributed by atoms with Gasteiger partial charge in [-0.2, -0.15) is 0 Å². The van der Waals surface area contributed by atoms with Gasteiger partial charge in [0, 0.05) is 0 Å². The van der Waals surface area contributed by atoms with Gasteiger partial charge in [-0.1, -0.05) is 0 Å². The normalized spacial score (nSPS) is 10.1. The molecule has 2 rings (SSSR count). The van der Waals surface area contributed by atoms with Crippen molar-refractivity contribution in [3.8, 4) is 11.1 Å². The summed E-state index contributed by atoms with van der Waals surface area (Å²) in [5.41, 5.74) is 4.11. The van der Waals surface area contributed by atoms with Crippen LogP contribution in [-0.4, -0.2) is 20.4 Å². The molecular formula is C11H10Te. The van der Waals surface area contributed by atoms with Crippen LogP contribution in [0.5, 0.6) is 0 Å². The van der Waals surface area contributed by atoms with Crippen molar-refractivity contribution in [3.05, 3.63) is 44.1 Å². The molecule has 0 amide bonds. The Morgan fingerprint density at radius 2 is 1.67 bits per heavy atom. The van der Waals surface area contributed by atoms with E-state index >= 15 is 0 Å². The second kappa shape index (κ2) is 3.47. The molecule has 0 saturated heterocycles. The van der Waals surface area contributed by atoms with Crippen molar-refractivity contribution in [2.45, 2.75) is 6.92 Å². The van der Waals surface area contributed by atoms with Crippen molar-refractivity contribution >= 4 is 20.4 Å². The van der Waals surface area contributed by atoms with Crippen LogP contribution >= 0.6 is 0 Å². The molecule has 0 nitrogen and oxygen atoms in total. The molecular weight excluding hydrogens is 260 g/mol. The van der Waals surface area contributed by atoms with Gasteiger partial charge in [-0.25, -0.2) is 0 Å². The van der Waals surface area contributed by atoms with Crippen molar-refractivity contribution in [3.63, 3.8) is 0 Å². The standard InChI is InChI=1S/C11H10Te/c1-9-2-4-10(5-3-9)11-6-7-12-8-11/h2-8H,1H3. The van der Waals surface area contributed by atoms with Crippen LogP contribution in [0.1, 0.15) is 5.56 Å². The van der Waals surface area contributed by atoms with E-state index in [0.29, 0.717) is 0 Å². The molecule has 0 N–H and O–H groups in total. The van der Waals surface area contributed by atoms with Gasteiger partial charge in [-0.05, 0) is 0 Å². The van der Waals surface area contributed by atoms with Crippen molar-refractivity contribution in [2.24, 2.45) is 0 Å². The summed E-state index contributed by atoms with van der Waals surface area (Å²) in [5.74, 6) is 0. The van der Waals surface area contributed by atoms with E-state index in [9.17, 15) is 0 Å². The summed E-state index contributed by atoms with van der Waals surface area (Å²) < 4.78 is 4.70. The maximum absolute atomic E-state index is 2.38. The van der Waals surface area contributed by atoms with E-state index in [0.717, 1.165) is 0 Å². The Labute approximate surface area is 82.5 Å². The molecule has 0 unspecified atom stereocenters. The first-order valence-electron chi connectivity index (χ1n) is 3.95. The van der Waals surface area contributed by atoms with Gasteiger partial charge in [0.1, 0.15) is 0 Å². The minimum absolute atomic E-state index is 0.0692. The first kappa shape index (κ1) is 8.10. The third kappa shape index (κ3) is 1.63. The van der Waals surface area contributed by atoms with Crippen LogP contribution in [-0.2, 0) is 0 Å². The van der Waals surface area contributed by atoms with E-state index in [4.69, 9.17) is 0 Å². The summed E-state index contributed by atoms with van der Waals surface area (Å²) in [6, 6.07) is 11.0. The van der Waals surface area contributed by atoms with E-state index < -0.39 is 0 Å². The van der Waals surface area contributed by atoms with Crippen molar-refractivity contribution in [1.29, 1.82) is 0 Å². The molecule has 12 heavy (non-hydrogen) atoms. The van der Waals surface area contributed by atoms with Gasteiger partial charge in [0.25, 0.3) is 0 Å². The van der Waals surface area contributed by atoms with Crippen LogP contribution in [0.3, 0.4) is 0 Å². The fraction of sp³-hybridized carbons (Fsp3) is 0.0909. The zero-order valence-electron chi connectivity index (χ0n) is 6.95. The van der Waals surface area contributed by atoms with Gasteiger partial charge in [-0.15, -0.1) is 0 Å². The van der Waals surface area contributed by atoms with Crippen LogP contribution in [0, 0.1) is 6.92 Å². The molecule has 0 atom stereocenters. The van der Waals surface area contributed by atoms with Crippen LogP contribution < -0.4 is 0 Å². The van der Waals surface area contributed by atoms with Crippen LogP contribution in [0.2, 0.25) is 0 Å². The van der Waals surface area contributed by atoms with Gasteiger partial charge < -0.3 is 0 Å². The molecule has 0 bridgehead atoms. The summed E-state index contributed by atoms with van der Waals surface area (Å²) in [7, 11) is 0. The predicted molar refractivity (Wildman–Crippen MR) is 53.6 cm³/mol. The van der Waals surface area contributed by atoms with Gasteiger partial charge in [-0.3, -0.25) is 0 Å². The van der Waals surface area contributed by atoms with Crippen molar-refractivity contribution in [2.75, 3.05) is 0 Å². The van der Waals surface area contributed by atoms with E-state index in [1.54, 1.807) is 0 Å². The maximum atomic E-state index is 2.38. The Morgan fingerprint density at radius 1 is 0.917 bits per heavy atom. The Balaban J connectivity index is 2.43. The molecule has 0 aliphatic rings. The van der Waals surface area contributed by atoms with E-state index in [1.165, 1.54) is 16.7 Å². The first-order valence-corrected chi connectivity index (χ1v) is 6.64. The Kier molecular flexibility index (Phi) is 2.35. The second-order valence-corrected chi connectivity index (χ2v) is 5.10. The fourth-order valence-corrected chi connectivity index (χ4v) is 3.07. The second-order valence-electron chi connectivity index (χ2n) is 2.88. The van der Waals surface area contributed by atoms with Gasteiger partial charge in [0.15, 0.2) is 0 Å². The average molecular weight is 270 g/mol. The molecule has 0 spiro atoms. The average Bonchev–Trinajstić information content (AvgIpc) is 2.58. The van der Waals surface area contributed by atoms with Crippen LogP contribution in [0.4, 0.5) is 0 Å². The molecule has 1 heteroatoms. The molecule has 1 aromatic carbocycles. The number of hydrogen-bond donors (Lipinski definition) is 0. The predicted octanol–water partition coefficient (Wildman–Crippen LogP) is 2.72. The summed E-state index contributed by atoms with van der Waals surface area (Å²) >= 11 is 0.0692. The third-order valence-corrected chi connectivity index (χ3v) is 3.86. The number of aryl methyl sites for hydroxylation is 1. The van der Waals surface area contributed by atoms with Crippen molar-refractivity contribution in [1.82, 2.24) is 0 Å². The Hall–Kier alpha value is -0.510. The van der Waals surface area contributed by atoms with Crippen molar-refractivity contribution < 1.29 is 0 Å². The Bertz CT molecular complexity index is 343. The Morgan fingerprint density at radius 3 is 2.25 bits per heavy atom. The van der Waals surface area contributed by atoms with E-state index in [1.807, 2.05) is 0 Å². The van der Waals surface area contributed by atoms with E-state index in [-0.39, 0.29) is 20.4 Å². The fourth-order valence-electron chi connectivity index (χ4n) is 1.17. The molecule has 0 aliphatic heterocycles. The molecule has 0 radical (unpaired) electrons. The first-order chi connectivity index (χ1) is 5.86. The molecule has 0 fully saturated rings. The van der Waals surface area contributed by atoms with Gasteiger partial charge in [0.2, 0.25) is 0 Å². The molecule has 0 saturated carbocycles. The SMILES string of the molecule is Cc1ccc(-c2cc[te]c2)cc1. The topological polar surface area (TPSA) is 0 Å². The summed E-state index contributed by atoms with van der Waals surface area (Å²) in [4.78, 5) is 0. The molecule has 60 valence electrons. The number of benzene rings is 1. The quantitative estimate of drug-likeness (QED) is 0.699. The number of hydrogen-bond acceptors (Lipinski definition) is 0. The molecule has 1 aromatic heterocycles. The zero-order chi connectivity index (χ0) is 8.39. The van der Waals surface area contributed by atoms with Gasteiger partial charge in [0.05, 0.1) is 0 Å². The zero-order valence-corrected chi connectivity index (χ0v) is 9.28. The summed E-state index contributed by atoms with van der Waals surface area (Å²) in [5, 5.41) is 0. The molecule has 0 aliphatic carbocycles. The van der Waals surface area contributed by atoms with E-state index in [2.05, 4.69) is 45.4 Å². The van der Waals surface area contributed by atoms with Crippen LogP contribution in [0.25, 0.3) is 11.1 Å². The minimum atomic E-state index is 0.0692.